The highest BCUT2D eigenvalue weighted by atomic mass is 32.1. The molecule has 1 amide bonds. The van der Waals surface area contributed by atoms with Crippen molar-refractivity contribution in [3.63, 3.8) is 0 Å². The molecule has 0 spiro atoms. The topological polar surface area (TPSA) is 66.1 Å². The molecular formula is C14H16N4OS. The smallest absolute Gasteiger partial charge is 0.269 e. The van der Waals surface area contributed by atoms with Gasteiger partial charge in [-0.25, -0.2) is 0 Å². The van der Waals surface area contributed by atoms with E-state index in [4.69, 9.17) is 12.2 Å². The van der Waals surface area contributed by atoms with Gasteiger partial charge in [-0.15, -0.1) is 0 Å². The average Bonchev–Trinajstić information content (AvgIpc) is 3.08. The number of pyridine rings is 1. The zero-order valence-corrected chi connectivity index (χ0v) is 11.7. The van der Waals surface area contributed by atoms with Crippen molar-refractivity contribution in [3.05, 3.63) is 42.2 Å². The lowest BCUT2D eigenvalue weighted by atomic mass is 10.0. The van der Waals surface area contributed by atoms with Crippen molar-refractivity contribution in [1.82, 2.24) is 21.2 Å². The van der Waals surface area contributed by atoms with Gasteiger partial charge in [-0.3, -0.25) is 20.6 Å². The summed E-state index contributed by atoms with van der Waals surface area (Å²) in [6, 6.07) is 3.67. The first-order chi connectivity index (χ1) is 9.72. The summed E-state index contributed by atoms with van der Waals surface area (Å²) in [5, 5.41) is 3.72. The molecule has 6 heteroatoms. The molecule has 1 fully saturated rings. The Hall–Kier alpha value is -1.95. The first-order valence-electron chi connectivity index (χ1n) is 6.67. The van der Waals surface area contributed by atoms with Crippen LogP contribution in [-0.4, -0.2) is 22.0 Å². The highest BCUT2D eigenvalue weighted by molar-refractivity contribution is 7.80. The van der Waals surface area contributed by atoms with Gasteiger partial charge in [0.2, 0.25) is 0 Å². The number of carbonyl (C=O) groups is 1. The number of nitrogens with one attached hydrogen (secondary N) is 3. The fourth-order valence-corrected chi connectivity index (χ4v) is 3.04. The Morgan fingerprint density at radius 2 is 2.00 bits per heavy atom. The van der Waals surface area contributed by atoms with Gasteiger partial charge in [0.05, 0.1) is 0 Å². The predicted octanol–water partition coefficient (Wildman–Crippen LogP) is 1.16. The minimum atomic E-state index is -0.232. The minimum Gasteiger partial charge on any atom is -0.358 e. The number of nitrogens with zero attached hydrogens (tertiary/aromatic N) is 1. The summed E-state index contributed by atoms with van der Waals surface area (Å²) >= 11 is 5.20. The van der Waals surface area contributed by atoms with Crippen LogP contribution in [0.5, 0.6) is 0 Å². The molecule has 0 aromatic carbocycles. The molecule has 1 aromatic rings. The zero-order chi connectivity index (χ0) is 13.9. The molecule has 3 N–H and O–H groups in total. The third-order valence-corrected chi connectivity index (χ3v) is 4.05. The van der Waals surface area contributed by atoms with Crippen molar-refractivity contribution in [2.75, 3.05) is 0 Å². The van der Waals surface area contributed by atoms with Crippen LogP contribution in [0.25, 0.3) is 0 Å². The quantitative estimate of drug-likeness (QED) is 0.433. The van der Waals surface area contributed by atoms with Gasteiger partial charge in [-0.05, 0) is 49.0 Å². The van der Waals surface area contributed by atoms with Gasteiger partial charge >= 0.3 is 0 Å². The summed E-state index contributed by atoms with van der Waals surface area (Å²) in [6.07, 6.45) is 10.0. The van der Waals surface area contributed by atoms with E-state index in [0.717, 1.165) is 6.42 Å². The highest BCUT2D eigenvalue weighted by Crippen LogP contribution is 2.38. The molecule has 20 heavy (non-hydrogen) atoms. The lowest BCUT2D eigenvalue weighted by molar-refractivity contribution is 0.0943. The van der Waals surface area contributed by atoms with E-state index in [1.165, 1.54) is 6.42 Å². The fraction of sp³-hybridized carbons (Fsp3) is 0.357. The maximum Gasteiger partial charge on any atom is 0.269 e. The van der Waals surface area contributed by atoms with Crippen LogP contribution in [0.2, 0.25) is 0 Å². The normalized spacial score (nSPS) is 26.3. The second-order valence-electron chi connectivity index (χ2n) is 5.18. The van der Waals surface area contributed by atoms with Crippen LogP contribution in [0.15, 0.2) is 36.7 Å². The van der Waals surface area contributed by atoms with Gasteiger partial charge in [0.1, 0.15) is 0 Å². The van der Waals surface area contributed by atoms with Gasteiger partial charge in [0.25, 0.3) is 5.91 Å². The molecule has 3 rings (SSSR count). The Bertz CT molecular complexity index is 545. The van der Waals surface area contributed by atoms with Crippen LogP contribution < -0.4 is 16.2 Å². The minimum absolute atomic E-state index is 0.232. The molecule has 0 aliphatic heterocycles. The molecule has 1 aromatic heterocycles. The Morgan fingerprint density at radius 3 is 2.65 bits per heavy atom. The molecule has 104 valence electrons. The van der Waals surface area contributed by atoms with Crippen LogP contribution in [0.4, 0.5) is 0 Å². The molecule has 5 nitrogen and oxygen atoms in total. The molecule has 0 saturated heterocycles. The number of hydrogen-bond donors (Lipinski definition) is 3. The zero-order valence-electron chi connectivity index (χ0n) is 10.9. The maximum absolute atomic E-state index is 11.8. The van der Waals surface area contributed by atoms with E-state index < -0.39 is 0 Å². The van der Waals surface area contributed by atoms with Crippen LogP contribution in [0.3, 0.4) is 0 Å². The summed E-state index contributed by atoms with van der Waals surface area (Å²) in [4.78, 5) is 15.7. The van der Waals surface area contributed by atoms with E-state index in [1.54, 1.807) is 24.5 Å². The molecule has 1 heterocycles. The Balaban J connectivity index is 1.46. The van der Waals surface area contributed by atoms with E-state index in [1.807, 2.05) is 0 Å². The molecule has 2 aliphatic carbocycles. The van der Waals surface area contributed by atoms with E-state index in [0.29, 0.717) is 28.6 Å². The third kappa shape index (κ3) is 2.80. The number of hydrazine groups is 1. The molecule has 2 bridgehead atoms. The Morgan fingerprint density at radius 1 is 1.20 bits per heavy atom. The Labute approximate surface area is 122 Å². The SMILES string of the molecule is O=C(NNC(=S)N[C@@H]1C[C@H]2C=C[C@H]1C2)c1ccncc1. The standard InChI is InChI=1S/C14H16N4OS/c19-13(10-3-5-15-6-4-10)17-18-14(20)16-12-8-9-1-2-11(12)7-9/h1-6,9,11-12H,7-8H2,(H,17,19)(H2,16,18,20)/t9-,11-,12+/m0/s1. The summed E-state index contributed by atoms with van der Waals surface area (Å²) in [5.41, 5.74) is 5.86. The number of fused-ring (bicyclic) bond motifs is 2. The van der Waals surface area contributed by atoms with E-state index in [9.17, 15) is 4.79 Å². The molecule has 3 atom stereocenters. The van der Waals surface area contributed by atoms with Crippen molar-refractivity contribution in [2.45, 2.75) is 18.9 Å². The van der Waals surface area contributed by atoms with Gasteiger partial charge in [0.15, 0.2) is 5.11 Å². The highest BCUT2D eigenvalue weighted by Gasteiger charge is 2.35. The van der Waals surface area contributed by atoms with Crippen molar-refractivity contribution < 1.29 is 4.79 Å². The van der Waals surface area contributed by atoms with Gasteiger partial charge < -0.3 is 5.32 Å². The largest absolute Gasteiger partial charge is 0.358 e. The first-order valence-corrected chi connectivity index (χ1v) is 7.08. The fourth-order valence-electron chi connectivity index (χ4n) is 2.84. The number of carbonyl (C=O) groups excluding carboxylic acids is 1. The number of amides is 1. The molecule has 2 aliphatic rings. The third-order valence-electron chi connectivity index (χ3n) is 3.83. The van der Waals surface area contributed by atoms with Gasteiger partial charge in [-0.1, -0.05) is 12.2 Å². The summed E-state index contributed by atoms with van der Waals surface area (Å²) in [6.45, 7) is 0. The molecule has 0 unspecified atom stereocenters. The Kier molecular flexibility index (Phi) is 3.64. The monoisotopic (exact) mass is 288 g/mol. The van der Waals surface area contributed by atoms with Gasteiger partial charge in [-0.2, -0.15) is 0 Å². The lowest BCUT2D eigenvalue weighted by Gasteiger charge is -2.21. The first kappa shape index (κ1) is 13.1. The van der Waals surface area contributed by atoms with Crippen molar-refractivity contribution in [2.24, 2.45) is 11.8 Å². The number of rotatable bonds is 2. The van der Waals surface area contributed by atoms with Crippen molar-refractivity contribution in [1.29, 1.82) is 0 Å². The number of thiocarbonyl (C=S) groups is 1. The summed E-state index contributed by atoms with van der Waals surface area (Å²) in [7, 11) is 0. The van der Waals surface area contributed by atoms with Crippen LogP contribution in [0, 0.1) is 11.8 Å². The molecular weight excluding hydrogens is 272 g/mol. The predicted molar refractivity (Wildman–Crippen MR) is 79.7 cm³/mol. The van der Waals surface area contributed by atoms with E-state index >= 15 is 0 Å². The molecule has 0 radical (unpaired) electrons. The van der Waals surface area contributed by atoms with Crippen LogP contribution >= 0.6 is 12.2 Å². The lowest BCUT2D eigenvalue weighted by Crippen LogP contribution is -2.50. The van der Waals surface area contributed by atoms with E-state index in [2.05, 4.69) is 33.3 Å². The van der Waals surface area contributed by atoms with Crippen LogP contribution in [-0.2, 0) is 0 Å². The van der Waals surface area contributed by atoms with Gasteiger partial charge in [0, 0.05) is 24.0 Å². The number of hydrogen-bond acceptors (Lipinski definition) is 3. The van der Waals surface area contributed by atoms with Crippen LogP contribution in [0.1, 0.15) is 23.2 Å². The summed E-state index contributed by atoms with van der Waals surface area (Å²) < 4.78 is 0. The van der Waals surface area contributed by atoms with Crippen molar-refractivity contribution >= 4 is 23.2 Å². The number of aromatic nitrogens is 1. The average molecular weight is 288 g/mol. The second kappa shape index (κ2) is 5.58. The molecule has 1 saturated carbocycles. The second-order valence-corrected chi connectivity index (χ2v) is 5.58. The van der Waals surface area contributed by atoms with Crippen molar-refractivity contribution in [3.8, 4) is 0 Å². The number of allylic oxidation sites excluding steroid dienone is 1. The maximum atomic E-state index is 11.8. The van der Waals surface area contributed by atoms with E-state index in [-0.39, 0.29) is 5.91 Å². The summed E-state index contributed by atoms with van der Waals surface area (Å²) in [5.74, 6) is 1.02.